The largest absolute Gasteiger partial charge is 0.490 e. The fourth-order valence-corrected chi connectivity index (χ4v) is 4.77. The van der Waals surface area contributed by atoms with E-state index in [1.165, 1.54) is 13.8 Å². The summed E-state index contributed by atoms with van der Waals surface area (Å²) in [5, 5.41) is 3.13. The fraction of sp³-hybridized carbons (Fsp3) is 0.481. The molecule has 10 heteroatoms. The standard InChI is InChI=1S/C27H32FN5O4/c1-27(2,28)15-36-21-11-13-33-20(14-31-24(33)22(21)16-5-6-16)25(35)32-17-7-9-18(10-8-17)37-26-19(23(29)34)4-3-12-30-26/h3-4,11-14,16-18H,5-10,15H2,1-2H3,(H2,29,34)(H,32,35)/t17-,18-. The second kappa shape index (κ2) is 9.99. The molecular formula is C27H32FN5O4. The number of ether oxygens (including phenoxy) is 2. The quantitative estimate of drug-likeness (QED) is 0.451. The molecule has 2 saturated carbocycles. The molecule has 9 nitrogen and oxygen atoms in total. The van der Waals surface area contributed by atoms with Gasteiger partial charge in [-0.2, -0.15) is 0 Å². The van der Waals surface area contributed by atoms with Crippen LogP contribution in [0.3, 0.4) is 0 Å². The first-order valence-electron chi connectivity index (χ1n) is 12.7. The minimum Gasteiger partial charge on any atom is -0.490 e. The molecule has 0 radical (unpaired) electrons. The zero-order valence-electron chi connectivity index (χ0n) is 21.1. The molecule has 37 heavy (non-hydrogen) atoms. The normalized spacial score (nSPS) is 20.0. The molecule has 0 aliphatic heterocycles. The third kappa shape index (κ3) is 5.68. The van der Waals surface area contributed by atoms with Crippen molar-refractivity contribution in [1.82, 2.24) is 19.7 Å². The van der Waals surface area contributed by atoms with Crippen molar-refractivity contribution >= 4 is 17.5 Å². The second-order valence-corrected chi connectivity index (χ2v) is 10.5. The number of nitrogens with two attached hydrogens (primary N) is 1. The number of alkyl halides is 1. The smallest absolute Gasteiger partial charge is 0.270 e. The second-order valence-electron chi connectivity index (χ2n) is 10.5. The Morgan fingerprint density at radius 2 is 1.92 bits per heavy atom. The highest BCUT2D eigenvalue weighted by molar-refractivity contribution is 5.95. The number of imidazole rings is 1. The Morgan fingerprint density at radius 3 is 2.59 bits per heavy atom. The lowest BCUT2D eigenvalue weighted by Gasteiger charge is -2.29. The number of primary amides is 1. The Bertz CT molecular complexity index is 1310. The van der Waals surface area contributed by atoms with E-state index < -0.39 is 11.6 Å². The van der Waals surface area contributed by atoms with Gasteiger partial charge in [-0.05, 0) is 76.5 Å². The number of halogens is 1. The number of fused-ring (bicyclic) bond motifs is 1. The maximum Gasteiger partial charge on any atom is 0.270 e. The van der Waals surface area contributed by atoms with Crippen LogP contribution in [0.15, 0.2) is 36.8 Å². The topological polar surface area (TPSA) is 121 Å². The molecule has 2 fully saturated rings. The van der Waals surface area contributed by atoms with E-state index in [1.807, 2.05) is 0 Å². The van der Waals surface area contributed by atoms with Gasteiger partial charge in [-0.15, -0.1) is 0 Å². The Kier molecular flexibility index (Phi) is 6.74. The van der Waals surface area contributed by atoms with Crippen LogP contribution in [0, 0.1) is 0 Å². The lowest BCUT2D eigenvalue weighted by atomic mass is 9.93. The molecule has 0 unspecified atom stereocenters. The van der Waals surface area contributed by atoms with Crippen LogP contribution in [0.5, 0.6) is 11.6 Å². The van der Waals surface area contributed by atoms with Gasteiger partial charge in [0, 0.05) is 24.0 Å². The van der Waals surface area contributed by atoms with Gasteiger partial charge in [0.25, 0.3) is 11.8 Å². The number of carbonyl (C=O) groups excluding carboxylic acids is 2. The van der Waals surface area contributed by atoms with Crippen LogP contribution < -0.4 is 20.5 Å². The van der Waals surface area contributed by atoms with Crippen molar-refractivity contribution in [2.75, 3.05) is 6.61 Å². The van der Waals surface area contributed by atoms with Gasteiger partial charge in [0.15, 0.2) is 0 Å². The molecule has 0 saturated heterocycles. The molecule has 3 heterocycles. The van der Waals surface area contributed by atoms with Crippen LogP contribution in [0.25, 0.3) is 5.65 Å². The zero-order chi connectivity index (χ0) is 26.2. The van der Waals surface area contributed by atoms with Crippen molar-refractivity contribution in [3.8, 4) is 11.6 Å². The van der Waals surface area contributed by atoms with E-state index in [0.29, 0.717) is 35.9 Å². The molecule has 0 bridgehead atoms. The van der Waals surface area contributed by atoms with E-state index in [2.05, 4.69) is 15.3 Å². The van der Waals surface area contributed by atoms with Crippen molar-refractivity contribution in [3.63, 3.8) is 0 Å². The van der Waals surface area contributed by atoms with Crippen LogP contribution in [0.2, 0.25) is 0 Å². The number of hydrogen-bond acceptors (Lipinski definition) is 6. The molecule has 0 spiro atoms. The number of nitrogens with one attached hydrogen (secondary N) is 1. The number of amides is 2. The summed E-state index contributed by atoms with van der Waals surface area (Å²) in [5.74, 6) is 0.413. The molecule has 2 aliphatic rings. The number of pyridine rings is 2. The highest BCUT2D eigenvalue weighted by atomic mass is 19.1. The molecule has 0 atom stereocenters. The van der Waals surface area contributed by atoms with Gasteiger partial charge in [-0.1, -0.05) is 0 Å². The molecule has 0 aromatic carbocycles. The van der Waals surface area contributed by atoms with Gasteiger partial charge in [-0.3, -0.25) is 14.0 Å². The number of rotatable bonds is 9. The lowest BCUT2D eigenvalue weighted by molar-refractivity contribution is 0.0876. The fourth-order valence-electron chi connectivity index (χ4n) is 4.77. The number of hydrogen-bond donors (Lipinski definition) is 2. The SMILES string of the molecule is CC(C)(F)COc1ccn2c(C(=O)N[C@H]3CC[C@H](Oc4ncccc4C(N)=O)CC3)cnc2c1C1CC1. The Hall–Kier alpha value is -3.69. The summed E-state index contributed by atoms with van der Waals surface area (Å²) in [6.45, 7) is 2.92. The predicted octanol–water partition coefficient (Wildman–Crippen LogP) is 3.95. The molecule has 3 aromatic rings. The summed E-state index contributed by atoms with van der Waals surface area (Å²) in [7, 11) is 0. The average molecular weight is 510 g/mol. The van der Waals surface area contributed by atoms with Crippen molar-refractivity contribution in [3.05, 3.63) is 53.6 Å². The van der Waals surface area contributed by atoms with Gasteiger partial charge in [0.2, 0.25) is 5.88 Å². The Balaban J connectivity index is 1.23. The van der Waals surface area contributed by atoms with Gasteiger partial charge >= 0.3 is 0 Å². The molecule has 5 rings (SSSR count). The van der Waals surface area contributed by atoms with E-state index in [0.717, 1.165) is 31.2 Å². The van der Waals surface area contributed by atoms with E-state index in [1.54, 1.807) is 41.2 Å². The van der Waals surface area contributed by atoms with Crippen molar-refractivity contribution in [2.24, 2.45) is 5.73 Å². The van der Waals surface area contributed by atoms with Crippen LogP contribution >= 0.6 is 0 Å². The molecule has 196 valence electrons. The maximum absolute atomic E-state index is 14.0. The first-order valence-corrected chi connectivity index (χ1v) is 12.7. The zero-order valence-corrected chi connectivity index (χ0v) is 21.1. The van der Waals surface area contributed by atoms with Crippen molar-refractivity contribution in [1.29, 1.82) is 0 Å². The minimum atomic E-state index is -1.45. The summed E-state index contributed by atoms with van der Waals surface area (Å²) in [6, 6.07) is 5.03. The molecular weight excluding hydrogens is 477 g/mol. The maximum atomic E-state index is 14.0. The monoisotopic (exact) mass is 509 g/mol. The minimum absolute atomic E-state index is 0.00506. The molecule has 3 aromatic heterocycles. The Morgan fingerprint density at radius 1 is 1.16 bits per heavy atom. The summed E-state index contributed by atoms with van der Waals surface area (Å²) in [4.78, 5) is 33.5. The first kappa shape index (κ1) is 25.0. The van der Waals surface area contributed by atoms with E-state index >= 15 is 0 Å². The van der Waals surface area contributed by atoms with Gasteiger partial charge in [0.1, 0.15) is 41.0 Å². The van der Waals surface area contributed by atoms with Crippen LogP contribution in [0.4, 0.5) is 4.39 Å². The third-order valence-electron chi connectivity index (χ3n) is 6.79. The lowest BCUT2D eigenvalue weighted by Crippen LogP contribution is -2.40. The number of nitrogens with zero attached hydrogens (tertiary/aromatic N) is 3. The molecule has 3 N–H and O–H groups in total. The summed E-state index contributed by atoms with van der Waals surface area (Å²) >= 11 is 0. The van der Waals surface area contributed by atoms with Crippen LogP contribution in [-0.4, -0.2) is 50.6 Å². The van der Waals surface area contributed by atoms with Crippen LogP contribution in [-0.2, 0) is 0 Å². The van der Waals surface area contributed by atoms with Crippen molar-refractivity contribution < 1.29 is 23.5 Å². The van der Waals surface area contributed by atoms with Gasteiger partial charge < -0.3 is 20.5 Å². The highest BCUT2D eigenvalue weighted by Crippen LogP contribution is 2.46. The van der Waals surface area contributed by atoms with Crippen molar-refractivity contribution in [2.45, 2.75) is 76.1 Å². The third-order valence-corrected chi connectivity index (χ3v) is 6.79. The van der Waals surface area contributed by atoms with E-state index in [-0.39, 0.29) is 36.1 Å². The predicted molar refractivity (Wildman–Crippen MR) is 135 cm³/mol. The highest BCUT2D eigenvalue weighted by Gasteiger charge is 2.32. The molecule has 2 aliphatic carbocycles. The number of carbonyl (C=O) groups is 2. The van der Waals surface area contributed by atoms with Gasteiger partial charge in [0.05, 0.1) is 6.20 Å². The van der Waals surface area contributed by atoms with E-state index in [9.17, 15) is 14.0 Å². The average Bonchev–Trinajstić information content (AvgIpc) is 3.61. The summed E-state index contributed by atoms with van der Waals surface area (Å²) in [5.41, 5.74) is 6.30. The number of aromatic nitrogens is 3. The van der Waals surface area contributed by atoms with Crippen LogP contribution in [0.1, 0.15) is 84.7 Å². The first-order chi connectivity index (χ1) is 17.7. The van der Waals surface area contributed by atoms with Gasteiger partial charge in [-0.25, -0.2) is 14.4 Å². The summed E-state index contributed by atoms with van der Waals surface area (Å²) in [6.07, 6.45) is 9.74. The Labute approximate surface area is 214 Å². The molecule has 2 amide bonds. The van der Waals surface area contributed by atoms with E-state index in [4.69, 9.17) is 15.2 Å². The summed E-state index contributed by atoms with van der Waals surface area (Å²) < 4.78 is 27.6.